The van der Waals surface area contributed by atoms with Crippen LogP contribution in [0, 0.1) is 6.92 Å². The summed E-state index contributed by atoms with van der Waals surface area (Å²) in [6, 6.07) is 11.9. The minimum Gasteiger partial charge on any atom is -0.484 e. The summed E-state index contributed by atoms with van der Waals surface area (Å²) >= 11 is 6.75. The molecule has 4 amide bonds. The molecule has 0 spiro atoms. The van der Waals surface area contributed by atoms with Gasteiger partial charge < -0.3 is 19.7 Å². The molecule has 0 bridgehead atoms. The van der Waals surface area contributed by atoms with Crippen LogP contribution in [-0.2, 0) is 19.1 Å². The van der Waals surface area contributed by atoms with E-state index in [-0.39, 0.29) is 17.4 Å². The molecule has 2 saturated heterocycles. The molecule has 0 radical (unpaired) electrons. The van der Waals surface area contributed by atoms with Gasteiger partial charge in [-0.1, -0.05) is 29.8 Å². The van der Waals surface area contributed by atoms with Gasteiger partial charge in [0.15, 0.2) is 6.61 Å². The molecule has 188 valence electrons. The van der Waals surface area contributed by atoms with Crippen LogP contribution in [0.2, 0.25) is 5.02 Å². The summed E-state index contributed by atoms with van der Waals surface area (Å²) in [6.45, 7) is 3.49. The zero-order valence-electron chi connectivity index (χ0n) is 19.5. The maximum absolute atomic E-state index is 12.8. The van der Waals surface area contributed by atoms with Crippen molar-refractivity contribution in [3.63, 3.8) is 0 Å². The lowest BCUT2D eigenvalue weighted by Gasteiger charge is -2.26. The van der Waals surface area contributed by atoms with Crippen molar-refractivity contribution in [3.05, 3.63) is 63.5 Å². The number of nitrogens with zero attached hydrogens (tertiary/aromatic N) is 2. The van der Waals surface area contributed by atoms with Gasteiger partial charge in [-0.2, -0.15) is 0 Å². The van der Waals surface area contributed by atoms with Gasteiger partial charge in [0.1, 0.15) is 12.3 Å². The average Bonchev–Trinajstić information content (AvgIpc) is 3.13. The molecule has 1 N–H and O–H groups in total. The predicted octanol–water partition coefficient (Wildman–Crippen LogP) is 3.56. The lowest BCUT2D eigenvalue weighted by molar-refractivity contribution is -0.137. The van der Waals surface area contributed by atoms with E-state index in [9.17, 15) is 19.2 Å². The van der Waals surface area contributed by atoms with E-state index in [1.165, 1.54) is 0 Å². The Morgan fingerprint density at radius 2 is 1.86 bits per heavy atom. The summed E-state index contributed by atoms with van der Waals surface area (Å²) in [5.74, 6) is -0.642. The van der Waals surface area contributed by atoms with Crippen molar-refractivity contribution in [2.24, 2.45) is 0 Å². The minimum atomic E-state index is -0.542. The number of rotatable bonds is 7. The molecule has 2 aliphatic rings. The quantitative estimate of drug-likeness (QED) is 0.547. The number of imide groups is 1. The van der Waals surface area contributed by atoms with Crippen LogP contribution in [0.15, 0.2) is 47.4 Å². The number of benzene rings is 2. The Hall–Kier alpha value is -3.34. The van der Waals surface area contributed by atoms with Crippen molar-refractivity contribution in [2.45, 2.75) is 6.92 Å². The number of hydrogen-bond acceptors (Lipinski definition) is 7. The molecule has 11 heteroatoms. The standard InChI is InChI=1S/C25H24ClN3O6S/c1-16-2-5-18(26)13-20(16)27-22(30)14-29-24(32)21(36-25(29)33)12-17-3-6-19(7-4-17)35-15-23(31)28-8-10-34-11-9-28/h2-7,12-13H,8-11,14-15H2,1H3,(H,27,30)/b21-12+. The van der Waals surface area contributed by atoms with Gasteiger partial charge >= 0.3 is 0 Å². The predicted molar refractivity (Wildman–Crippen MR) is 137 cm³/mol. The van der Waals surface area contributed by atoms with Crippen LogP contribution >= 0.6 is 23.4 Å². The van der Waals surface area contributed by atoms with E-state index in [4.69, 9.17) is 21.1 Å². The van der Waals surface area contributed by atoms with Crippen molar-refractivity contribution < 1.29 is 28.7 Å². The zero-order chi connectivity index (χ0) is 25.7. The average molecular weight is 530 g/mol. The van der Waals surface area contributed by atoms with Gasteiger partial charge in [0.2, 0.25) is 5.91 Å². The summed E-state index contributed by atoms with van der Waals surface area (Å²) in [5, 5.41) is 2.63. The minimum absolute atomic E-state index is 0.0744. The second kappa shape index (κ2) is 11.6. The third kappa shape index (κ3) is 6.45. The lowest BCUT2D eigenvalue weighted by Crippen LogP contribution is -2.42. The molecular formula is C25H24ClN3O6S. The zero-order valence-corrected chi connectivity index (χ0v) is 21.1. The first kappa shape index (κ1) is 25.7. The van der Waals surface area contributed by atoms with Crippen LogP contribution < -0.4 is 10.1 Å². The Labute approximate surface area is 217 Å². The third-order valence-corrected chi connectivity index (χ3v) is 6.70. The molecule has 2 fully saturated rings. The number of carbonyl (C=O) groups excluding carboxylic acids is 4. The highest BCUT2D eigenvalue weighted by Crippen LogP contribution is 2.32. The molecule has 0 aromatic heterocycles. The van der Waals surface area contributed by atoms with E-state index in [0.717, 1.165) is 22.2 Å². The molecule has 2 heterocycles. The summed E-state index contributed by atoms with van der Waals surface area (Å²) in [5.41, 5.74) is 2.00. The largest absolute Gasteiger partial charge is 0.484 e. The smallest absolute Gasteiger partial charge is 0.294 e. The van der Waals surface area contributed by atoms with E-state index >= 15 is 0 Å². The van der Waals surface area contributed by atoms with E-state index < -0.39 is 23.6 Å². The summed E-state index contributed by atoms with van der Waals surface area (Å²) < 4.78 is 10.8. The second-order valence-corrected chi connectivity index (χ2v) is 9.56. The molecule has 0 saturated carbocycles. The molecule has 2 aromatic rings. The van der Waals surface area contributed by atoms with Crippen molar-refractivity contribution in [2.75, 3.05) is 44.8 Å². The van der Waals surface area contributed by atoms with E-state index in [0.29, 0.717) is 48.3 Å². The summed E-state index contributed by atoms with van der Waals surface area (Å²) in [7, 11) is 0. The number of thioether (sulfide) groups is 1. The van der Waals surface area contributed by atoms with Crippen LogP contribution in [-0.4, -0.2) is 72.2 Å². The van der Waals surface area contributed by atoms with Crippen molar-refractivity contribution >= 4 is 58.1 Å². The fourth-order valence-corrected chi connectivity index (χ4v) is 4.57. The first-order valence-corrected chi connectivity index (χ1v) is 12.4. The molecular weight excluding hydrogens is 506 g/mol. The molecule has 2 aliphatic heterocycles. The van der Waals surface area contributed by atoms with Gasteiger partial charge in [0.05, 0.1) is 18.1 Å². The van der Waals surface area contributed by atoms with Gasteiger partial charge in [0.25, 0.3) is 17.1 Å². The van der Waals surface area contributed by atoms with Crippen LogP contribution in [0.25, 0.3) is 6.08 Å². The Kier molecular flexibility index (Phi) is 8.29. The van der Waals surface area contributed by atoms with Crippen LogP contribution in [0.3, 0.4) is 0 Å². The van der Waals surface area contributed by atoms with Crippen molar-refractivity contribution in [3.8, 4) is 5.75 Å². The third-order valence-electron chi connectivity index (χ3n) is 5.55. The van der Waals surface area contributed by atoms with Crippen LogP contribution in [0.5, 0.6) is 5.75 Å². The number of carbonyl (C=O) groups is 4. The van der Waals surface area contributed by atoms with Crippen molar-refractivity contribution in [1.29, 1.82) is 0 Å². The van der Waals surface area contributed by atoms with Crippen molar-refractivity contribution in [1.82, 2.24) is 9.80 Å². The molecule has 2 aromatic carbocycles. The molecule has 9 nitrogen and oxygen atoms in total. The number of ether oxygens (including phenoxy) is 2. The number of aryl methyl sites for hydroxylation is 1. The Bertz CT molecular complexity index is 1210. The molecule has 0 atom stereocenters. The Balaban J connectivity index is 1.33. The van der Waals surface area contributed by atoms with E-state index in [2.05, 4.69) is 5.32 Å². The number of morpholine rings is 1. The van der Waals surface area contributed by atoms with E-state index in [1.807, 2.05) is 6.92 Å². The number of anilines is 1. The SMILES string of the molecule is Cc1ccc(Cl)cc1NC(=O)CN1C(=O)S/C(=C/c2ccc(OCC(=O)N3CCOCC3)cc2)C1=O. The van der Waals surface area contributed by atoms with Gasteiger partial charge in [-0.05, 0) is 60.2 Å². The molecule has 36 heavy (non-hydrogen) atoms. The number of hydrogen-bond donors (Lipinski definition) is 1. The number of amides is 4. The highest BCUT2D eigenvalue weighted by Gasteiger charge is 2.36. The fourth-order valence-electron chi connectivity index (χ4n) is 3.56. The molecule has 0 aliphatic carbocycles. The highest BCUT2D eigenvalue weighted by molar-refractivity contribution is 8.18. The summed E-state index contributed by atoms with van der Waals surface area (Å²) in [6.07, 6.45) is 1.58. The maximum atomic E-state index is 12.8. The summed E-state index contributed by atoms with van der Waals surface area (Å²) in [4.78, 5) is 52.6. The fraction of sp³-hybridized carbons (Fsp3) is 0.280. The topological polar surface area (TPSA) is 105 Å². The van der Waals surface area contributed by atoms with Crippen LogP contribution in [0.1, 0.15) is 11.1 Å². The normalized spacial score (nSPS) is 17.0. The lowest BCUT2D eigenvalue weighted by atomic mass is 10.2. The van der Waals surface area contributed by atoms with Gasteiger partial charge in [-0.25, -0.2) is 0 Å². The Morgan fingerprint density at radius 3 is 2.58 bits per heavy atom. The van der Waals surface area contributed by atoms with Crippen LogP contribution in [0.4, 0.5) is 10.5 Å². The molecule has 0 unspecified atom stereocenters. The first-order valence-electron chi connectivity index (χ1n) is 11.2. The van der Waals surface area contributed by atoms with Gasteiger partial charge in [-0.15, -0.1) is 0 Å². The van der Waals surface area contributed by atoms with Gasteiger partial charge in [0, 0.05) is 23.8 Å². The first-order chi connectivity index (χ1) is 17.3. The number of halogens is 1. The van der Waals surface area contributed by atoms with E-state index in [1.54, 1.807) is 53.4 Å². The number of nitrogens with one attached hydrogen (secondary N) is 1. The molecule has 4 rings (SSSR count). The monoisotopic (exact) mass is 529 g/mol. The second-order valence-electron chi connectivity index (χ2n) is 8.13. The highest BCUT2D eigenvalue weighted by atomic mass is 35.5. The Morgan fingerprint density at radius 1 is 1.14 bits per heavy atom. The van der Waals surface area contributed by atoms with Gasteiger partial charge in [-0.3, -0.25) is 24.1 Å². The maximum Gasteiger partial charge on any atom is 0.294 e.